The maximum Gasteiger partial charge on any atom is 0.251 e. The van der Waals surface area contributed by atoms with Crippen molar-refractivity contribution in [1.82, 2.24) is 34.4 Å². The van der Waals surface area contributed by atoms with E-state index in [1.807, 2.05) is 25.4 Å². The maximum atomic E-state index is 14.6. The molecule has 4 aliphatic rings. The van der Waals surface area contributed by atoms with Crippen LogP contribution in [0.2, 0.25) is 0 Å². The van der Waals surface area contributed by atoms with Crippen LogP contribution in [0.5, 0.6) is 11.6 Å². The smallest absolute Gasteiger partial charge is 0.251 e. The van der Waals surface area contributed by atoms with Crippen molar-refractivity contribution < 1.29 is 18.6 Å². The number of pyridine rings is 2. The van der Waals surface area contributed by atoms with E-state index in [-0.39, 0.29) is 11.7 Å². The quantitative estimate of drug-likeness (QED) is 0.303. The number of likely N-dealkylation sites (N-methyl/N-ethyl adjacent to an activating group) is 1. The van der Waals surface area contributed by atoms with E-state index >= 15 is 0 Å². The number of aromatic nitrogens is 5. The van der Waals surface area contributed by atoms with Gasteiger partial charge in [0.1, 0.15) is 35.9 Å². The Kier molecular flexibility index (Phi) is 7.26. The number of nitrogens with zero attached hydrogens (tertiary/aromatic N) is 9. The Hall–Kier alpha value is -4.38. The summed E-state index contributed by atoms with van der Waals surface area (Å²) in [5.41, 5.74) is 2.36. The van der Waals surface area contributed by atoms with Crippen molar-refractivity contribution in [3.63, 3.8) is 0 Å². The number of hydrogen-bond acceptors (Lipinski definition) is 11. The average molecular weight is 586 g/mol. The second kappa shape index (κ2) is 11.4. The summed E-state index contributed by atoms with van der Waals surface area (Å²) in [6.45, 7) is 5.17. The topological polar surface area (TPSA) is 117 Å². The van der Waals surface area contributed by atoms with Crippen LogP contribution in [0.4, 0.5) is 10.2 Å². The summed E-state index contributed by atoms with van der Waals surface area (Å²) in [4.78, 5) is 20.7. The molecule has 4 aromatic heterocycles. The van der Waals surface area contributed by atoms with E-state index in [2.05, 4.69) is 30.8 Å². The Morgan fingerprint density at radius 1 is 1.12 bits per heavy atom. The van der Waals surface area contributed by atoms with Gasteiger partial charge in [0.2, 0.25) is 5.88 Å². The number of fused-ring (bicyclic) bond motifs is 3. The first-order valence-corrected chi connectivity index (χ1v) is 14.4. The molecular weight excluding hydrogens is 553 g/mol. The molecule has 0 aromatic carbocycles. The molecule has 4 aliphatic heterocycles. The molecule has 2 bridgehead atoms. The number of piperidine rings is 1. The molecule has 12 nitrogen and oxygen atoms in total. The Balaban J connectivity index is 1.08. The predicted octanol–water partition coefficient (Wildman–Crippen LogP) is 2.38. The number of anilines is 1. The number of hydrogen-bond donors (Lipinski definition) is 0. The molecule has 8 rings (SSSR count). The Bertz CT molecular complexity index is 1640. The molecule has 4 saturated heterocycles. The molecule has 0 aliphatic carbocycles. The molecule has 0 N–H and O–H groups in total. The lowest BCUT2D eigenvalue weighted by molar-refractivity contribution is -0.0404. The number of rotatable bonds is 8. The number of methoxy groups -OCH3 is 1. The number of ether oxygens (including phenoxy) is 3. The van der Waals surface area contributed by atoms with Crippen molar-refractivity contribution >= 4 is 11.3 Å². The Labute approximate surface area is 248 Å². The fourth-order valence-corrected chi connectivity index (χ4v) is 6.25. The Morgan fingerprint density at radius 2 is 1.98 bits per heavy atom. The van der Waals surface area contributed by atoms with Gasteiger partial charge in [-0.25, -0.2) is 14.5 Å². The zero-order valence-electron chi connectivity index (χ0n) is 24.1. The highest BCUT2D eigenvalue weighted by molar-refractivity contribution is 5.83. The highest BCUT2D eigenvalue weighted by Crippen LogP contribution is 2.36. The fraction of sp³-hybridized carbons (Fsp3) is 0.433. The second-order valence-corrected chi connectivity index (χ2v) is 11.3. The van der Waals surface area contributed by atoms with Crippen molar-refractivity contribution in [1.29, 1.82) is 5.26 Å². The normalized spacial score (nSPS) is 22.3. The van der Waals surface area contributed by atoms with Crippen LogP contribution in [-0.4, -0.2) is 106 Å². The molecule has 0 radical (unpaired) electrons. The molecule has 0 saturated carbocycles. The van der Waals surface area contributed by atoms with Gasteiger partial charge in [0.05, 0.1) is 43.5 Å². The highest BCUT2D eigenvalue weighted by atomic mass is 19.1. The van der Waals surface area contributed by atoms with Gasteiger partial charge < -0.3 is 24.0 Å². The van der Waals surface area contributed by atoms with Gasteiger partial charge in [0, 0.05) is 62.6 Å². The minimum Gasteiger partial charge on any atom is -0.489 e. The third-order valence-electron chi connectivity index (χ3n) is 8.50. The number of nitriles is 1. The molecular formula is C30H32FN9O3. The van der Waals surface area contributed by atoms with Gasteiger partial charge >= 0.3 is 0 Å². The van der Waals surface area contributed by atoms with Gasteiger partial charge in [0.25, 0.3) is 5.95 Å². The summed E-state index contributed by atoms with van der Waals surface area (Å²) in [5, 5.41) is 13.6. The number of morpholine rings is 1. The van der Waals surface area contributed by atoms with Crippen molar-refractivity contribution in [2.45, 2.75) is 31.2 Å². The summed E-state index contributed by atoms with van der Waals surface area (Å²) < 4.78 is 33.0. The third kappa shape index (κ3) is 5.33. The maximum absolute atomic E-state index is 14.6. The molecule has 0 spiro atoms. The van der Waals surface area contributed by atoms with E-state index in [0.717, 1.165) is 50.5 Å². The van der Waals surface area contributed by atoms with Gasteiger partial charge in [-0.1, -0.05) is 6.07 Å². The molecule has 43 heavy (non-hydrogen) atoms. The number of halogens is 1. The van der Waals surface area contributed by atoms with Crippen molar-refractivity contribution in [3.8, 4) is 29.0 Å². The fourth-order valence-electron chi connectivity index (χ4n) is 6.25. The first-order chi connectivity index (χ1) is 21.0. The lowest BCUT2D eigenvalue weighted by atomic mass is 9.87. The molecule has 4 fully saturated rings. The summed E-state index contributed by atoms with van der Waals surface area (Å²) in [7, 11) is 3.66. The highest BCUT2D eigenvalue weighted by Gasteiger charge is 2.44. The van der Waals surface area contributed by atoms with Crippen molar-refractivity contribution in [2.24, 2.45) is 0 Å². The van der Waals surface area contributed by atoms with Crippen molar-refractivity contribution in [3.05, 3.63) is 60.1 Å². The second-order valence-electron chi connectivity index (χ2n) is 11.3. The van der Waals surface area contributed by atoms with Crippen LogP contribution in [0.3, 0.4) is 0 Å². The molecule has 0 amide bonds. The van der Waals surface area contributed by atoms with Gasteiger partial charge in [-0.15, -0.1) is 5.10 Å². The third-order valence-corrected chi connectivity index (χ3v) is 8.50. The van der Waals surface area contributed by atoms with E-state index in [1.165, 1.54) is 4.52 Å². The van der Waals surface area contributed by atoms with E-state index in [9.17, 15) is 9.65 Å². The minimum absolute atomic E-state index is 0.0828. The van der Waals surface area contributed by atoms with Gasteiger partial charge in [-0.3, -0.25) is 9.88 Å². The lowest BCUT2D eigenvalue weighted by Gasteiger charge is -2.56. The van der Waals surface area contributed by atoms with Gasteiger partial charge in [-0.2, -0.15) is 9.65 Å². The van der Waals surface area contributed by atoms with E-state index in [4.69, 9.17) is 24.2 Å². The van der Waals surface area contributed by atoms with Gasteiger partial charge in [0.15, 0.2) is 0 Å². The zero-order chi connectivity index (χ0) is 29.5. The van der Waals surface area contributed by atoms with Crippen molar-refractivity contribution in [2.75, 3.05) is 58.5 Å². The lowest BCUT2D eigenvalue weighted by Crippen LogP contribution is -2.68. The summed E-state index contributed by atoms with van der Waals surface area (Å²) in [5.74, 6) is 1.03. The summed E-state index contributed by atoms with van der Waals surface area (Å²) in [6, 6.07) is 8.51. The van der Waals surface area contributed by atoms with E-state index in [0.29, 0.717) is 53.7 Å². The SMILES string of the molecule is COc1ccc(CN2C3CC2CN(c2cnc(-c4cc(OC[C@@H]5CN(C)CCO5)cn5nc(F)c(C#N)c45)cn2)C3)cn1. The monoisotopic (exact) mass is 585 g/mol. The molecule has 13 heteroatoms. The minimum atomic E-state index is -0.842. The van der Waals surface area contributed by atoms with Crippen LogP contribution < -0.4 is 14.4 Å². The van der Waals surface area contributed by atoms with Crippen LogP contribution in [0.15, 0.2) is 43.0 Å². The first kappa shape index (κ1) is 27.5. The zero-order valence-corrected chi connectivity index (χ0v) is 24.1. The largest absolute Gasteiger partial charge is 0.489 e. The van der Waals surface area contributed by atoms with Crippen LogP contribution in [0.1, 0.15) is 17.5 Å². The molecule has 2 unspecified atom stereocenters. The standard InChI is InChI=1S/C30H32FN9O3/c1-37-5-6-42-23(16-37)18-43-22-8-24(29-25(9-32)30(31)36-40(29)17-22)26-11-34-27(12-33-26)38-14-20-7-21(15-38)39(20)13-19-3-4-28(41-2)35-10-19/h3-4,8,10-12,17,20-21,23H,5-7,13-16,18H2,1-2H3/t20?,21?,23-/m0/s1. The predicted molar refractivity (Wildman–Crippen MR) is 154 cm³/mol. The summed E-state index contributed by atoms with van der Waals surface area (Å²) in [6.07, 6.45) is 7.93. The number of piperazine rings is 1. The first-order valence-electron chi connectivity index (χ1n) is 14.4. The van der Waals surface area contributed by atoms with Crippen LogP contribution in [0, 0.1) is 17.3 Å². The van der Waals surface area contributed by atoms with Crippen LogP contribution >= 0.6 is 0 Å². The van der Waals surface area contributed by atoms with Crippen LogP contribution in [-0.2, 0) is 11.3 Å². The van der Waals surface area contributed by atoms with Gasteiger partial charge in [-0.05, 0) is 25.1 Å². The molecule has 3 atom stereocenters. The Morgan fingerprint density at radius 3 is 2.67 bits per heavy atom. The summed E-state index contributed by atoms with van der Waals surface area (Å²) >= 11 is 0. The molecule has 4 aromatic rings. The van der Waals surface area contributed by atoms with Crippen LogP contribution in [0.25, 0.3) is 16.8 Å². The van der Waals surface area contributed by atoms with E-state index in [1.54, 1.807) is 31.8 Å². The molecule has 222 valence electrons. The average Bonchev–Trinajstić information content (AvgIpc) is 3.37. The van der Waals surface area contributed by atoms with E-state index < -0.39 is 5.95 Å². The molecule has 8 heterocycles.